The van der Waals surface area contributed by atoms with Gasteiger partial charge in [-0.3, -0.25) is 10.2 Å². The van der Waals surface area contributed by atoms with Crippen molar-refractivity contribution in [2.45, 2.75) is 25.2 Å². The Balaban J connectivity index is 1.44. The van der Waals surface area contributed by atoms with Gasteiger partial charge in [0.05, 0.1) is 18.2 Å². The van der Waals surface area contributed by atoms with Crippen LogP contribution in [0.2, 0.25) is 0 Å². The van der Waals surface area contributed by atoms with Gasteiger partial charge in [-0.1, -0.05) is 5.10 Å². The molecule has 0 bridgehead atoms. The van der Waals surface area contributed by atoms with E-state index in [1.165, 1.54) is 6.07 Å². The number of alkyl halides is 3. The number of hydrogen-bond acceptors (Lipinski definition) is 8. The van der Waals surface area contributed by atoms with Crippen molar-refractivity contribution in [3.8, 4) is 0 Å². The summed E-state index contributed by atoms with van der Waals surface area (Å²) in [6.07, 6.45) is -3.30. The fraction of sp³-hybridized carbons (Fsp3) is 0.438. The van der Waals surface area contributed by atoms with Gasteiger partial charge in [-0.05, 0) is 24.6 Å². The highest BCUT2D eigenvalue weighted by Gasteiger charge is 2.31. The van der Waals surface area contributed by atoms with E-state index in [2.05, 4.69) is 25.4 Å². The third-order valence-corrected chi connectivity index (χ3v) is 4.32. The average molecular weight is 383 g/mol. The molecule has 3 aromatic rings. The molecule has 4 rings (SSSR count). The van der Waals surface area contributed by atoms with Crippen molar-refractivity contribution in [2.24, 2.45) is 0 Å². The molecule has 0 aliphatic carbocycles. The van der Waals surface area contributed by atoms with E-state index in [4.69, 9.17) is 13.6 Å². The summed E-state index contributed by atoms with van der Waals surface area (Å²) in [5.41, 5.74) is -0.502. The van der Waals surface area contributed by atoms with Gasteiger partial charge in [0.25, 0.3) is 0 Å². The van der Waals surface area contributed by atoms with Crippen molar-refractivity contribution < 1.29 is 26.7 Å². The van der Waals surface area contributed by atoms with Crippen LogP contribution in [0.4, 0.5) is 25.2 Å². The summed E-state index contributed by atoms with van der Waals surface area (Å²) in [6.45, 7) is 2.14. The number of aromatic nitrogens is 3. The summed E-state index contributed by atoms with van der Waals surface area (Å²) in [7, 11) is 1.68. The summed E-state index contributed by atoms with van der Waals surface area (Å²) < 4.78 is 54.5. The number of likely N-dealkylation sites (tertiary alicyclic amines) is 1. The van der Waals surface area contributed by atoms with Gasteiger partial charge in [0.15, 0.2) is 5.58 Å². The van der Waals surface area contributed by atoms with E-state index in [9.17, 15) is 13.2 Å². The van der Waals surface area contributed by atoms with Gasteiger partial charge >= 0.3 is 18.2 Å². The number of methoxy groups -OCH3 is 1. The number of rotatable bonds is 5. The molecule has 8 nitrogen and oxygen atoms in total. The Labute approximate surface area is 151 Å². The summed E-state index contributed by atoms with van der Waals surface area (Å²) >= 11 is 0. The molecular weight excluding hydrogens is 367 g/mol. The molecule has 1 fully saturated rings. The number of hydrogen-bond donors (Lipinski definition) is 1. The van der Waals surface area contributed by atoms with Gasteiger partial charge in [-0.25, -0.2) is 0 Å². The van der Waals surface area contributed by atoms with Gasteiger partial charge in [0, 0.05) is 20.2 Å². The Morgan fingerprint density at radius 1 is 1.26 bits per heavy atom. The lowest BCUT2D eigenvalue weighted by Gasteiger charge is -2.12. The predicted octanol–water partition coefficient (Wildman–Crippen LogP) is 3.19. The van der Waals surface area contributed by atoms with Crippen molar-refractivity contribution in [3.05, 3.63) is 29.7 Å². The van der Waals surface area contributed by atoms with Crippen LogP contribution in [0.3, 0.4) is 0 Å². The molecule has 1 aliphatic rings. The van der Waals surface area contributed by atoms with E-state index in [1.54, 1.807) is 7.11 Å². The number of nitrogens with zero attached hydrogens (tertiary/aromatic N) is 4. The minimum atomic E-state index is -4.44. The summed E-state index contributed by atoms with van der Waals surface area (Å²) in [5.74, 6) is 0.407. The fourth-order valence-electron chi connectivity index (χ4n) is 2.94. The van der Waals surface area contributed by atoms with Crippen LogP contribution in [-0.2, 0) is 17.5 Å². The van der Waals surface area contributed by atoms with E-state index in [0.717, 1.165) is 31.6 Å². The van der Waals surface area contributed by atoms with E-state index >= 15 is 0 Å². The molecule has 144 valence electrons. The smallest absolute Gasteiger partial charge is 0.416 e. The van der Waals surface area contributed by atoms with Crippen LogP contribution in [0.1, 0.15) is 17.9 Å². The van der Waals surface area contributed by atoms with E-state index in [0.29, 0.717) is 12.4 Å². The molecule has 2 aromatic heterocycles. The molecule has 1 saturated heterocycles. The minimum absolute atomic E-state index is 0.0276. The molecular formula is C16H16F3N5O3. The molecule has 27 heavy (non-hydrogen) atoms. The second kappa shape index (κ2) is 6.82. The number of anilines is 2. The Morgan fingerprint density at radius 2 is 2.11 bits per heavy atom. The molecule has 0 amide bonds. The van der Waals surface area contributed by atoms with Crippen molar-refractivity contribution in [2.75, 3.05) is 25.5 Å². The molecule has 0 radical (unpaired) electrons. The maximum absolute atomic E-state index is 12.8. The van der Waals surface area contributed by atoms with Gasteiger partial charge in [-0.15, -0.1) is 5.10 Å². The number of benzene rings is 1. The molecule has 1 N–H and O–H groups in total. The number of halogens is 3. The highest BCUT2D eigenvalue weighted by Crippen LogP contribution is 2.32. The Bertz CT molecular complexity index is 939. The monoisotopic (exact) mass is 383 g/mol. The first-order valence-corrected chi connectivity index (χ1v) is 8.23. The molecule has 0 saturated carbocycles. The van der Waals surface area contributed by atoms with Crippen molar-refractivity contribution in [1.29, 1.82) is 0 Å². The zero-order valence-electron chi connectivity index (χ0n) is 14.3. The first kappa shape index (κ1) is 17.7. The zero-order valence-corrected chi connectivity index (χ0v) is 14.3. The average Bonchev–Trinajstić information content (AvgIpc) is 3.33. The lowest BCUT2D eigenvalue weighted by molar-refractivity contribution is -0.137. The third-order valence-electron chi connectivity index (χ3n) is 4.32. The molecule has 0 spiro atoms. The van der Waals surface area contributed by atoms with Crippen molar-refractivity contribution >= 4 is 23.1 Å². The second-order valence-corrected chi connectivity index (χ2v) is 6.21. The second-order valence-electron chi connectivity index (χ2n) is 6.21. The quantitative estimate of drug-likeness (QED) is 0.719. The third kappa shape index (κ3) is 3.88. The minimum Gasteiger partial charge on any atom is -0.423 e. The maximum atomic E-state index is 12.8. The van der Waals surface area contributed by atoms with Gasteiger partial charge in [0.2, 0.25) is 5.89 Å². The van der Waals surface area contributed by atoms with Gasteiger partial charge in [0.1, 0.15) is 5.52 Å². The van der Waals surface area contributed by atoms with E-state index < -0.39 is 11.7 Å². The fourth-order valence-corrected chi connectivity index (χ4v) is 2.94. The van der Waals surface area contributed by atoms with Crippen LogP contribution in [0.5, 0.6) is 0 Å². The zero-order chi connectivity index (χ0) is 19.0. The lowest BCUT2D eigenvalue weighted by Crippen LogP contribution is -2.22. The lowest BCUT2D eigenvalue weighted by atomic mass is 10.2. The van der Waals surface area contributed by atoms with Crippen LogP contribution in [0.25, 0.3) is 11.1 Å². The SMILES string of the molecule is COC1CCN(Cc2nnc(Nc3nc4cc(C(F)(F)F)ccc4o3)o2)C1. The topological polar surface area (TPSA) is 89.5 Å². The molecule has 1 unspecified atom stereocenters. The number of fused-ring (bicyclic) bond motifs is 1. The molecule has 1 atom stereocenters. The van der Waals surface area contributed by atoms with Gasteiger partial charge in [-0.2, -0.15) is 18.2 Å². The Hall–Kier alpha value is -2.66. The van der Waals surface area contributed by atoms with Gasteiger partial charge < -0.3 is 13.6 Å². The molecule has 1 aromatic carbocycles. The van der Waals surface area contributed by atoms with E-state index in [-0.39, 0.29) is 29.2 Å². The normalized spacial score (nSPS) is 18.4. The first-order valence-electron chi connectivity index (χ1n) is 8.23. The highest BCUT2D eigenvalue weighted by atomic mass is 19.4. The standard InChI is InChI=1S/C16H16F3N5O3/c1-25-10-4-5-24(7-10)8-13-22-23-15(27-13)21-14-20-11-6-9(16(17,18)19)2-3-12(11)26-14/h2-3,6,10H,4-5,7-8H2,1H3,(H,20,21,23). The molecule has 3 heterocycles. The van der Waals surface area contributed by atoms with Crippen LogP contribution >= 0.6 is 0 Å². The number of nitrogens with one attached hydrogen (secondary N) is 1. The van der Waals surface area contributed by atoms with Crippen LogP contribution in [-0.4, -0.2) is 46.4 Å². The first-order chi connectivity index (χ1) is 12.9. The van der Waals surface area contributed by atoms with Crippen molar-refractivity contribution in [1.82, 2.24) is 20.1 Å². The summed E-state index contributed by atoms with van der Waals surface area (Å²) in [6, 6.07) is 3.10. The van der Waals surface area contributed by atoms with E-state index in [1.807, 2.05) is 0 Å². The largest absolute Gasteiger partial charge is 0.423 e. The highest BCUT2D eigenvalue weighted by molar-refractivity contribution is 5.75. The number of oxazole rings is 1. The van der Waals surface area contributed by atoms with Crippen LogP contribution in [0, 0.1) is 0 Å². The Kier molecular flexibility index (Phi) is 4.48. The molecule has 1 aliphatic heterocycles. The predicted molar refractivity (Wildman–Crippen MR) is 87.3 cm³/mol. The maximum Gasteiger partial charge on any atom is 0.416 e. The summed E-state index contributed by atoms with van der Waals surface area (Å²) in [5, 5.41) is 10.5. The number of ether oxygens (including phenoxy) is 1. The van der Waals surface area contributed by atoms with Crippen LogP contribution < -0.4 is 5.32 Å². The van der Waals surface area contributed by atoms with Crippen molar-refractivity contribution in [3.63, 3.8) is 0 Å². The molecule has 11 heteroatoms. The van der Waals surface area contributed by atoms with Crippen LogP contribution in [0.15, 0.2) is 27.0 Å². The Morgan fingerprint density at radius 3 is 2.85 bits per heavy atom. The summed E-state index contributed by atoms with van der Waals surface area (Å²) in [4.78, 5) is 6.11.